The Morgan fingerprint density at radius 3 is 2.74 bits per heavy atom. The van der Waals surface area contributed by atoms with Gasteiger partial charge in [-0.2, -0.15) is 0 Å². The predicted molar refractivity (Wildman–Crippen MR) is 111 cm³/mol. The Morgan fingerprint density at radius 1 is 1.22 bits per heavy atom. The molecule has 1 amide bonds. The number of nitrogens with one attached hydrogen (secondary N) is 1. The molecule has 0 aromatic heterocycles. The SMILES string of the molecule is CCOc1ccc(Cl)cc1C=C1SC(=Nc2cc(C)ccc2OC)NC1=O. The van der Waals surface area contributed by atoms with Crippen molar-refractivity contribution in [1.82, 2.24) is 5.32 Å². The number of amidine groups is 1. The number of aliphatic imine (C=N–C) groups is 1. The van der Waals surface area contributed by atoms with Gasteiger partial charge in [0.1, 0.15) is 17.2 Å². The van der Waals surface area contributed by atoms with Gasteiger partial charge in [0.05, 0.1) is 18.6 Å². The molecule has 0 radical (unpaired) electrons. The average molecular weight is 403 g/mol. The number of nitrogens with zero attached hydrogens (tertiary/aromatic N) is 1. The molecule has 0 aliphatic carbocycles. The molecular formula is C20H19ClN2O3S. The van der Waals surface area contributed by atoms with E-state index in [4.69, 9.17) is 21.1 Å². The summed E-state index contributed by atoms with van der Waals surface area (Å²) in [7, 11) is 1.59. The van der Waals surface area contributed by atoms with Crippen molar-refractivity contribution in [2.24, 2.45) is 4.99 Å². The Labute approximate surface area is 167 Å². The van der Waals surface area contributed by atoms with Crippen LogP contribution < -0.4 is 14.8 Å². The molecule has 3 rings (SSSR count). The molecule has 0 spiro atoms. The van der Waals surface area contributed by atoms with Gasteiger partial charge < -0.3 is 14.8 Å². The standard InChI is InChI=1S/C20H19ClN2O3S/c1-4-26-16-8-6-14(21)10-13(16)11-18-19(24)23-20(27-18)22-15-9-12(2)5-7-17(15)25-3/h5-11H,4H2,1-3H3,(H,22,23,24). The van der Waals surface area contributed by atoms with Gasteiger partial charge in [0.15, 0.2) is 5.17 Å². The third kappa shape index (κ3) is 4.64. The maximum absolute atomic E-state index is 12.4. The lowest BCUT2D eigenvalue weighted by atomic mass is 10.2. The summed E-state index contributed by atoms with van der Waals surface area (Å²) in [5.74, 6) is 1.11. The van der Waals surface area contributed by atoms with Crippen molar-refractivity contribution in [3.63, 3.8) is 0 Å². The number of benzene rings is 2. The van der Waals surface area contributed by atoms with Crippen molar-refractivity contribution >= 4 is 46.2 Å². The van der Waals surface area contributed by atoms with Crippen molar-refractivity contribution < 1.29 is 14.3 Å². The van der Waals surface area contributed by atoms with E-state index in [1.165, 1.54) is 11.8 Å². The second-order valence-electron chi connectivity index (χ2n) is 5.77. The minimum Gasteiger partial charge on any atom is -0.494 e. The highest BCUT2D eigenvalue weighted by Crippen LogP contribution is 2.34. The molecule has 1 N–H and O–H groups in total. The van der Waals surface area contributed by atoms with Crippen LogP contribution in [0.1, 0.15) is 18.1 Å². The lowest BCUT2D eigenvalue weighted by molar-refractivity contribution is -0.115. The van der Waals surface area contributed by atoms with Crippen LogP contribution in [0.2, 0.25) is 5.02 Å². The summed E-state index contributed by atoms with van der Waals surface area (Å²) in [5.41, 5.74) is 2.47. The molecule has 1 fully saturated rings. The molecule has 0 unspecified atom stereocenters. The lowest BCUT2D eigenvalue weighted by Gasteiger charge is -2.07. The molecule has 1 heterocycles. The highest BCUT2D eigenvalue weighted by atomic mass is 35.5. The number of ether oxygens (including phenoxy) is 2. The molecule has 2 aromatic rings. The van der Waals surface area contributed by atoms with Crippen molar-refractivity contribution in [3.8, 4) is 11.5 Å². The number of amides is 1. The summed E-state index contributed by atoms with van der Waals surface area (Å²) in [6, 6.07) is 11.0. The van der Waals surface area contributed by atoms with Crippen molar-refractivity contribution in [2.75, 3.05) is 13.7 Å². The van der Waals surface area contributed by atoms with Gasteiger partial charge in [-0.1, -0.05) is 17.7 Å². The molecule has 0 atom stereocenters. The summed E-state index contributed by atoms with van der Waals surface area (Å²) in [6.07, 6.45) is 1.76. The summed E-state index contributed by atoms with van der Waals surface area (Å²) in [5, 5.41) is 3.86. The lowest BCUT2D eigenvalue weighted by Crippen LogP contribution is -2.19. The molecular weight excluding hydrogens is 384 g/mol. The zero-order valence-corrected chi connectivity index (χ0v) is 16.8. The summed E-state index contributed by atoms with van der Waals surface area (Å²) in [6.45, 7) is 4.41. The van der Waals surface area contributed by atoms with Crippen molar-refractivity contribution in [1.29, 1.82) is 0 Å². The zero-order valence-electron chi connectivity index (χ0n) is 15.2. The number of rotatable bonds is 5. The van der Waals surface area contributed by atoms with E-state index >= 15 is 0 Å². The van der Waals surface area contributed by atoms with E-state index in [0.29, 0.717) is 38.9 Å². The predicted octanol–water partition coefficient (Wildman–Crippen LogP) is 4.95. The number of carbonyl (C=O) groups excluding carboxylic acids is 1. The van der Waals surface area contributed by atoms with Crippen molar-refractivity contribution in [3.05, 3.63) is 57.5 Å². The third-order valence-electron chi connectivity index (χ3n) is 3.77. The number of aryl methyl sites for hydroxylation is 1. The molecule has 27 heavy (non-hydrogen) atoms. The molecule has 7 heteroatoms. The maximum Gasteiger partial charge on any atom is 0.264 e. The smallest absolute Gasteiger partial charge is 0.264 e. The van der Waals surface area contributed by atoms with E-state index in [-0.39, 0.29) is 5.91 Å². The monoisotopic (exact) mass is 402 g/mol. The average Bonchev–Trinajstić information content (AvgIpc) is 2.97. The number of hydrogen-bond acceptors (Lipinski definition) is 5. The minimum absolute atomic E-state index is 0.215. The maximum atomic E-state index is 12.4. The van der Waals surface area contributed by atoms with E-state index in [1.807, 2.05) is 32.0 Å². The van der Waals surface area contributed by atoms with E-state index < -0.39 is 0 Å². The van der Waals surface area contributed by atoms with Crippen LogP contribution in [0.3, 0.4) is 0 Å². The number of carbonyl (C=O) groups is 1. The molecule has 140 valence electrons. The molecule has 1 saturated heterocycles. The van der Waals surface area contributed by atoms with E-state index in [1.54, 1.807) is 31.4 Å². The summed E-state index contributed by atoms with van der Waals surface area (Å²) < 4.78 is 11.0. The molecule has 1 aliphatic heterocycles. The van der Waals surface area contributed by atoms with Crippen LogP contribution in [-0.4, -0.2) is 24.8 Å². The van der Waals surface area contributed by atoms with E-state index in [9.17, 15) is 4.79 Å². The van der Waals surface area contributed by atoms with Gasteiger partial charge in [-0.05, 0) is 67.6 Å². The van der Waals surface area contributed by atoms with Gasteiger partial charge in [-0.15, -0.1) is 0 Å². The fourth-order valence-corrected chi connectivity index (χ4v) is 3.54. The molecule has 0 bridgehead atoms. The van der Waals surface area contributed by atoms with Crippen molar-refractivity contribution in [2.45, 2.75) is 13.8 Å². The van der Waals surface area contributed by atoms with Gasteiger partial charge in [0.25, 0.3) is 5.91 Å². The van der Waals surface area contributed by atoms with Crippen LogP contribution in [0, 0.1) is 6.92 Å². The second kappa shape index (κ2) is 8.50. The first-order valence-electron chi connectivity index (χ1n) is 8.36. The molecule has 2 aromatic carbocycles. The highest BCUT2D eigenvalue weighted by Gasteiger charge is 2.24. The topological polar surface area (TPSA) is 59.9 Å². The fourth-order valence-electron chi connectivity index (χ4n) is 2.54. The Balaban J connectivity index is 1.91. The largest absolute Gasteiger partial charge is 0.494 e. The van der Waals surface area contributed by atoms with Gasteiger partial charge in [0.2, 0.25) is 0 Å². The number of methoxy groups -OCH3 is 1. The first kappa shape index (κ1) is 19.3. The Bertz CT molecular complexity index is 941. The van der Waals surface area contributed by atoms with Crippen LogP contribution in [0.15, 0.2) is 46.3 Å². The van der Waals surface area contributed by atoms with Gasteiger partial charge in [0, 0.05) is 10.6 Å². The Hall–Kier alpha value is -2.44. The second-order valence-corrected chi connectivity index (χ2v) is 7.24. The van der Waals surface area contributed by atoms with Gasteiger partial charge in [-0.25, -0.2) is 4.99 Å². The van der Waals surface area contributed by atoms with Crippen LogP contribution >= 0.6 is 23.4 Å². The number of halogens is 1. The Morgan fingerprint density at radius 2 is 2.00 bits per heavy atom. The Kier molecular flexibility index (Phi) is 6.08. The first-order chi connectivity index (χ1) is 13.0. The molecule has 1 aliphatic rings. The van der Waals surface area contributed by atoms with Crippen LogP contribution in [0.5, 0.6) is 11.5 Å². The number of thioether (sulfide) groups is 1. The van der Waals surface area contributed by atoms with Crippen LogP contribution in [-0.2, 0) is 4.79 Å². The summed E-state index contributed by atoms with van der Waals surface area (Å²) >= 11 is 7.36. The van der Waals surface area contributed by atoms with E-state index in [2.05, 4.69) is 10.3 Å². The highest BCUT2D eigenvalue weighted by molar-refractivity contribution is 8.18. The zero-order chi connectivity index (χ0) is 19.4. The van der Waals surface area contributed by atoms with E-state index in [0.717, 1.165) is 11.1 Å². The summed E-state index contributed by atoms with van der Waals surface area (Å²) in [4.78, 5) is 17.4. The normalized spacial score (nSPS) is 16.7. The molecule has 5 nitrogen and oxygen atoms in total. The quantitative estimate of drug-likeness (QED) is 0.719. The van der Waals surface area contributed by atoms with Crippen LogP contribution in [0.4, 0.5) is 5.69 Å². The fraction of sp³-hybridized carbons (Fsp3) is 0.200. The molecule has 0 saturated carbocycles. The minimum atomic E-state index is -0.215. The van der Waals surface area contributed by atoms with Gasteiger partial charge >= 0.3 is 0 Å². The number of hydrogen-bond donors (Lipinski definition) is 1. The van der Waals surface area contributed by atoms with Crippen LogP contribution in [0.25, 0.3) is 6.08 Å². The third-order valence-corrected chi connectivity index (χ3v) is 4.91. The first-order valence-corrected chi connectivity index (χ1v) is 9.56. The van der Waals surface area contributed by atoms with Gasteiger partial charge in [-0.3, -0.25) is 4.79 Å².